The van der Waals surface area contributed by atoms with Gasteiger partial charge in [0.15, 0.2) is 5.82 Å². The van der Waals surface area contributed by atoms with Crippen molar-refractivity contribution < 1.29 is 17.7 Å². The Labute approximate surface area is 195 Å². The number of fused-ring (bicyclic) bond motifs is 1. The van der Waals surface area contributed by atoms with E-state index in [0.717, 1.165) is 5.56 Å². The molecule has 0 saturated heterocycles. The normalized spacial score (nSPS) is 15.2. The molecule has 2 N–H and O–H groups in total. The minimum Gasteiger partial charge on any atom is -0.322 e. The largest absolute Gasteiger partial charge is 0.439 e. The summed E-state index contributed by atoms with van der Waals surface area (Å²) in [4.78, 5) is 26.6. The van der Waals surface area contributed by atoms with Crippen molar-refractivity contribution >= 4 is 27.3 Å². The Bertz CT molecular complexity index is 1560. The smallest absolute Gasteiger partial charge is 0.322 e. The number of nitrogens with one attached hydrogen (secondary N) is 2. The summed E-state index contributed by atoms with van der Waals surface area (Å²) in [5, 5.41) is 6.39. The molecule has 0 radical (unpaired) electrons. The third-order valence-electron chi connectivity index (χ3n) is 5.63. The van der Waals surface area contributed by atoms with E-state index in [2.05, 4.69) is 20.0 Å². The number of carbonyl (C=O) groups excluding carboxylic acids is 1. The molecule has 0 bridgehead atoms. The number of benzene rings is 3. The van der Waals surface area contributed by atoms with Gasteiger partial charge in [-0.15, -0.1) is 0 Å². The first-order chi connectivity index (χ1) is 16.3. The van der Waals surface area contributed by atoms with Gasteiger partial charge in [-0.3, -0.25) is 18.6 Å². The van der Waals surface area contributed by atoms with E-state index in [1.165, 1.54) is 16.4 Å². The number of sulfonamides is 1. The molecule has 10 heteroatoms. The van der Waals surface area contributed by atoms with Crippen molar-refractivity contribution in [1.29, 1.82) is 0 Å². The monoisotopic (exact) mass is 476 g/mol. The average Bonchev–Trinajstić information content (AvgIpc) is 3.41. The number of hydrogen-bond donors (Lipinski definition) is 2. The van der Waals surface area contributed by atoms with Crippen LogP contribution in [0.3, 0.4) is 0 Å². The molecule has 1 atom stereocenters. The van der Waals surface area contributed by atoms with Gasteiger partial charge in [-0.25, -0.2) is 13.2 Å². The van der Waals surface area contributed by atoms with E-state index >= 15 is 0 Å². The third kappa shape index (κ3) is 3.88. The van der Waals surface area contributed by atoms with Gasteiger partial charge in [0.1, 0.15) is 0 Å². The summed E-state index contributed by atoms with van der Waals surface area (Å²) in [5.41, 5.74) is 2.82. The highest BCUT2D eigenvalue weighted by atomic mass is 32.2. The maximum absolute atomic E-state index is 13.5. The molecule has 0 aliphatic carbocycles. The number of hydrogen-bond acceptors (Lipinski definition) is 6. The van der Waals surface area contributed by atoms with E-state index in [1.807, 2.05) is 25.1 Å². The Morgan fingerprint density at radius 3 is 2.68 bits per heavy atom. The van der Waals surface area contributed by atoms with Crippen LogP contribution in [0.4, 0.5) is 11.4 Å². The highest BCUT2D eigenvalue weighted by Gasteiger charge is 2.36. The number of amides is 1. The molecule has 0 spiro atoms. The fourth-order valence-corrected chi connectivity index (χ4v) is 5.86. The minimum absolute atomic E-state index is 0.0395. The van der Waals surface area contributed by atoms with Gasteiger partial charge in [-0.05, 0) is 55.3 Å². The van der Waals surface area contributed by atoms with Crippen molar-refractivity contribution in [3.05, 3.63) is 94.5 Å². The van der Waals surface area contributed by atoms with Crippen molar-refractivity contribution in [3.8, 4) is 11.4 Å². The Hall–Kier alpha value is -4.18. The quantitative estimate of drug-likeness (QED) is 0.455. The number of para-hydroxylation sites is 1. The Balaban J connectivity index is 1.41. The molecule has 172 valence electrons. The van der Waals surface area contributed by atoms with Crippen LogP contribution in [-0.4, -0.2) is 30.5 Å². The molecule has 0 fully saturated rings. The lowest BCUT2D eigenvalue weighted by molar-refractivity contribution is 0.102. The number of anilines is 2. The Morgan fingerprint density at radius 1 is 1.09 bits per heavy atom. The van der Waals surface area contributed by atoms with Crippen LogP contribution in [0.25, 0.3) is 11.4 Å². The fourth-order valence-electron chi connectivity index (χ4n) is 4.12. The molecule has 1 aromatic heterocycles. The maximum Gasteiger partial charge on any atom is 0.439 e. The molecule has 4 aromatic rings. The highest BCUT2D eigenvalue weighted by Crippen LogP contribution is 2.36. The summed E-state index contributed by atoms with van der Waals surface area (Å²) in [6.07, 6.45) is 0.628. The van der Waals surface area contributed by atoms with E-state index in [-0.39, 0.29) is 22.3 Å². The molecule has 34 heavy (non-hydrogen) atoms. The fraction of sp³-hybridized carbons (Fsp3) is 0.125. The van der Waals surface area contributed by atoms with Crippen molar-refractivity contribution in [2.75, 3.05) is 9.62 Å². The maximum atomic E-state index is 13.5. The van der Waals surface area contributed by atoms with Gasteiger partial charge in [0.2, 0.25) is 0 Å². The highest BCUT2D eigenvalue weighted by molar-refractivity contribution is 7.92. The van der Waals surface area contributed by atoms with Gasteiger partial charge in [0.05, 0.1) is 10.6 Å². The molecule has 1 aliphatic heterocycles. The van der Waals surface area contributed by atoms with E-state index < -0.39 is 21.7 Å². The zero-order chi connectivity index (χ0) is 23.9. The number of carbonyl (C=O) groups is 1. The second kappa shape index (κ2) is 8.31. The van der Waals surface area contributed by atoms with Gasteiger partial charge >= 0.3 is 5.76 Å². The molecule has 2 heterocycles. The second-order valence-corrected chi connectivity index (χ2v) is 9.80. The summed E-state index contributed by atoms with van der Waals surface area (Å²) in [7, 11) is -3.87. The van der Waals surface area contributed by atoms with Crippen LogP contribution < -0.4 is 15.4 Å². The van der Waals surface area contributed by atoms with Crippen molar-refractivity contribution in [3.63, 3.8) is 0 Å². The van der Waals surface area contributed by atoms with Crippen LogP contribution in [0.1, 0.15) is 22.8 Å². The number of H-pyrrole nitrogens is 1. The lowest BCUT2D eigenvalue weighted by atomic mass is 10.1. The molecule has 5 rings (SSSR count). The summed E-state index contributed by atoms with van der Waals surface area (Å²) in [6, 6.07) is 19.8. The Morgan fingerprint density at radius 2 is 1.88 bits per heavy atom. The molecular formula is C24H20N4O5S. The van der Waals surface area contributed by atoms with Crippen molar-refractivity contribution in [2.45, 2.75) is 24.3 Å². The SMILES string of the molecule is CC1Cc2ccccc2N1S(=O)(=O)c1cccc(C(=O)Nc2cccc(-c3noc(=O)[nH]3)c2)c1. The van der Waals surface area contributed by atoms with E-state index in [1.54, 1.807) is 42.5 Å². The molecule has 0 saturated carbocycles. The molecule has 1 unspecified atom stereocenters. The molecule has 1 aliphatic rings. The zero-order valence-corrected chi connectivity index (χ0v) is 18.9. The third-order valence-corrected chi connectivity index (χ3v) is 7.56. The van der Waals surface area contributed by atoms with Gasteiger partial charge in [-0.2, -0.15) is 0 Å². The summed E-state index contributed by atoms with van der Waals surface area (Å²) >= 11 is 0. The van der Waals surface area contributed by atoms with Crippen LogP contribution in [0.2, 0.25) is 0 Å². The van der Waals surface area contributed by atoms with Gasteiger partial charge in [0, 0.05) is 22.9 Å². The topological polar surface area (TPSA) is 125 Å². The number of rotatable bonds is 5. The molecule has 1 amide bonds. The predicted molar refractivity (Wildman–Crippen MR) is 126 cm³/mol. The van der Waals surface area contributed by atoms with E-state index in [4.69, 9.17) is 0 Å². The first-order valence-corrected chi connectivity index (χ1v) is 12.0. The van der Waals surface area contributed by atoms with Crippen LogP contribution in [-0.2, 0) is 16.4 Å². The van der Waals surface area contributed by atoms with Crippen LogP contribution >= 0.6 is 0 Å². The lowest BCUT2D eigenvalue weighted by Gasteiger charge is -2.24. The minimum atomic E-state index is -3.87. The van der Waals surface area contributed by atoms with Gasteiger partial charge in [-0.1, -0.05) is 41.6 Å². The van der Waals surface area contributed by atoms with Gasteiger partial charge in [0.25, 0.3) is 15.9 Å². The molecular weight excluding hydrogens is 456 g/mol. The molecule has 3 aromatic carbocycles. The van der Waals surface area contributed by atoms with Crippen LogP contribution in [0.15, 0.2) is 87.0 Å². The van der Waals surface area contributed by atoms with Crippen LogP contribution in [0, 0.1) is 0 Å². The summed E-state index contributed by atoms with van der Waals surface area (Å²) in [5.74, 6) is -0.927. The molecule has 9 nitrogen and oxygen atoms in total. The summed E-state index contributed by atoms with van der Waals surface area (Å²) < 4.78 is 32.9. The summed E-state index contributed by atoms with van der Waals surface area (Å²) in [6.45, 7) is 1.86. The number of nitrogens with zero attached hydrogens (tertiary/aromatic N) is 2. The second-order valence-electron chi connectivity index (χ2n) is 7.99. The average molecular weight is 477 g/mol. The first-order valence-electron chi connectivity index (χ1n) is 10.5. The lowest BCUT2D eigenvalue weighted by Crippen LogP contribution is -2.35. The first kappa shape index (κ1) is 21.7. The van der Waals surface area contributed by atoms with Crippen molar-refractivity contribution in [1.82, 2.24) is 10.1 Å². The van der Waals surface area contributed by atoms with E-state index in [9.17, 15) is 18.0 Å². The van der Waals surface area contributed by atoms with Crippen molar-refractivity contribution in [2.24, 2.45) is 0 Å². The number of aromatic amines is 1. The van der Waals surface area contributed by atoms with Gasteiger partial charge < -0.3 is 5.32 Å². The Kier molecular flexibility index (Phi) is 5.29. The van der Waals surface area contributed by atoms with Crippen LogP contribution in [0.5, 0.6) is 0 Å². The van der Waals surface area contributed by atoms with E-state index in [0.29, 0.717) is 23.4 Å². The zero-order valence-electron chi connectivity index (χ0n) is 18.1. The number of aromatic nitrogens is 2. The standard InChI is InChI=1S/C24H20N4O5S/c1-15-12-16-6-2-3-11-21(16)28(15)34(31,32)20-10-5-8-18(14-20)23(29)25-19-9-4-7-17(13-19)22-26-24(30)33-27-22/h2-11,13-15H,12H2,1H3,(H,25,29)(H,26,27,30). The predicted octanol–water partition coefficient (Wildman–Crippen LogP) is 3.42.